The second-order valence-corrected chi connectivity index (χ2v) is 6.49. The number of aromatic nitrogens is 2. The molecule has 0 fully saturated rings. The molecular formula is C15H18ClN3S. The van der Waals surface area contributed by atoms with Gasteiger partial charge in [-0.3, -0.25) is 0 Å². The average molecular weight is 308 g/mol. The van der Waals surface area contributed by atoms with Gasteiger partial charge < -0.3 is 4.90 Å². The lowest BCUT2D eigenvalue weighted by Crippen LogP contribution is -2.34. The molecule has 0 bridgehead atoms. The minimum absolute atomic E-state index is 0.353. The molecule has 0 amide bonds. The highest BCUT2D eigenvalue weighted by molar-refractivity contribution is 7.10. The summed E-state index contributed by atoms with van der Waals surface area (Å²) in [5.41, 5.74) is 2.51. The van der Waals surface area contributed by atoms with Gasteiger partial charge in [0.2, 0.25) is 0 Å². The molecule has 2 aromatic rings. The van der Waals surface area contributed by atoms with Crippen molar-refractivity contribution in [2.24, 2.45) is 0 Å². The van der Waals surface area contributed by atoms with Gasteiger partial charge in [-0.25, -0.2) is 9.97 Å². The number of fused-ring (bicyclic) bond motifs is 1. The van der Waals surface area contributed by atoms with E-state index in [0.29, 0.717) is 11.2 Å². The number of thiophene rings is 1. The first kappa shape index (κ1) is 13.8. The lowest BCUT2D eigenvalue weighted by atomic mass is 10.0. The number of halogens is 1. The Morgan fingerprint density at radius 3 is 3.10 bits per heavy atom. The zero-order valence-corrected chi connectivity index (χ0v) is 13.3. The molecule has 0 N–H and O–H groups in total. The van der Waals surface area contributed by atoms with Gasteiger partial charge in [0.15, 0.2) is 0 Å². The molecule has 20 heavy (non-hydrogen) atoms. The highest BCUT2D eigenvalue weighted by atomic mass is 35.5. The Morgan fingerprint density at radius 1 is 1.45 bits per heavy atom. The number of anilines is 1. The molecular weight excluding hydrogens is 290 g/mol. The van der Waals surface area contributed by atoms with Crippen molar-refractivity contribution in [3.63, 3.8) is 0 Å². The standard InChI is InChI=1S/C15H18ClN3S/c1-3-4-12-14(16)17-9-18-15(12)19-7-5-13-11(10(19)2)6-8-20-13/h6,8-10H,3-5,7H2,1-2H3. The van der Waals surface area contributed by atoms with Gasteiger partial charge in [0.25, 0.3) is 0 Å². The first-order chi connectivity index (χ1) is 9.72. The first-order valence-electron chi connectivity index (χ1n) is 7.04. The minimum atomic E-state index is 0.353. The average Bonchev–Trinajstić information content (AvgIpc) is 2.91. The maximum atomic E-state index is 6.28. The Kier molecular flexibility index (Phi) is 3.94. The fourth-order valence-electron chi connectivity index (χ4n) is 2.89. The molecule has 0 saturated carbocycles. The maximum absolute atomic E-state index is 6.28. The predicted molar refractivity (Wildman–Crippen MR) is 84.8 cm³/mol. The molecule has 3 heterocycles. The second-order valence-electron chi connectivity index (χ2n) is 5.14. The van der Waals surface area contributed by atoms with E-state index in [1.807, 2.05) is 11.3 Å². The zero-order chi connectivity index (χ0) is 14.1. The Balaban J connectivity index is 2.00. The van der Waals surface area contributed by atoms with Crippen LogP contribution in [0.4, 0.5) is 5.82 Å². The molecule has 0 spiro atoms. The van der Waals surface area contributed by atoms with Crippen LogP contribution < -0.4 is 4.90 Å². The Morgan fingerprint density at radius 2 is 2.30 bits per heavy atom. The van der Waals surface area contributed by atoms with Gasteiger partial charge in [-0.1, -0.05) is 24.9 Å². The fourth-order valence-corrected chi connectivity index (χ4v) is 4.08. The number of hydrogen-bond donors (Lipinski definition) is 0. The molecule has 3 rings (SSSR count). The van der Waals surface area contributed by atoms with E-state index >= 15 is 0 Å². The summed E-state index contributed by atoms with van der Waals surface area (Å²) in [7, 11) is 0. The van der Waals surface area contributed by atoms with E-state index in [1.54, 1.807) is 6.33 Å². The Bertz CT molecular complexity index is 611. The van der Waals surface area contributed by atoms with Crippen LogP contribution >= 0.6 is 22.9 Å². The zero-order valence-electron chi connectivity index (χ0n) is 11.8. The van der Waals surface area contributed by atoms with E-state index in [2.05, 4.69) is 40.2 Å². The van der Waals surface area contributed by atoms with Gasteiger partial charge in [0.1, 0.15) is 17.3 Å². The van der Waals surface area contributed by atoms with Gasteiger partial charge in [-0.15, -0.1) is 11.3 Å². The van der Waals surface area contributed by atoms with Crippen molar-refractivity contribution in [1.82, 2.24) is 9.97 Å². The normalized spacial score (nSPS) is 18.1. The fraction of sp³-hybridized carbons (Fsp3) is 0.467. The number of rotatable bonds is 3. The van der Waals surface area contributed by atoms with E-state index in [9.17, 15) is 0 Å². The number of hydrogen-bond acceptors (Lipinski definition) is 4. The molecule has 0 aromatic carbocycles. The van der Waals surface area contributed by atoms with E-state index in [4.69, 9.17) is 11.6 Å². The molecule has 2 aromatic heterocycles. The monoisotopic (exact) mass is 307 g/mol. The van der Waals surface area contributed by atoms with Crippen molar-refractivity contribution in [3.8, 4) is 0 Å². The van der Waals surface area contributed by atoms with Crippen LogP contribution in [0.25, 0.3) is 0 Å². The van der Waals surface area contributed by atoms with Gasteiger partial charge in [0.05, 0.1) is 6.04 Å². The first-order valence-corrected chi connectivity index (χ1v) is 8.30. The van der Waals surface area contributed by atoms with Gasteiger partial charge in [-0.05, 0) is 36.8 Å². The van der Waals surface area contributed by atoms with Crippen molar-refractivity contribution in [3.05, 3.63) is 38.9 Å². The van der Waals surface area contributed by atoms with Crippen LogP contribution in [-0.2, 0) is 12.8 Å². The molecule has 1 aliphatic rings. The topological polar surface area (TPSA) is 29.0 Å². The lowest BCUT2D eigenvalue weighted by molar-refractivity contribution is 0.619. The van der Waals surface area contributed by atoms with Crippen LogP contribution in [0.1, 0.15) is 42.3 Å². The summed E-state index contributed by atoms with van der Waals surface area (Å²) in [4.78, 5) is 12.5. The van der Waals surface area contributed by atoms with Crippen LogP contribution in [0, 0.1) is 0 Å². The summed E-state index contributed by atoms with van der Waals surface area (Å²) in [6, 6.07) is 2.59. The van der Waals surface area contributed by atoms with E-state index in [0.717, 1.165) is 37.2 Å². The summed E-state index contributed by atoms with van der Waals surface area (Å²) in [5.74, 6) is 1.01. The summed E-state index contributed by atoms with van der Waals surface area (Å²) < 4.78 is 0. The molecule has 1 unspecified atom stereocenters. The van der Waals surface area contributed by atoms with Crippen LogP contribution in [0.5, 0.6) is 0 Å². The summed E-state index contributed by atoms with van der Waals surface area (Å²) in [5, 5.41) is 2.78. The minimum Gasteiger partial charge on any atom is -0.349 e. The van der Waals surface area contributed by atoms with E-state index < -0.39 is 0 Å². The van der Waals surface area contributed by atoms with Crippen molar-refractivity contribution in [2.45, 2.75) is 39.2 Å². The van der Waals surface area contributed by atoms with Crippen LogP contribution in [0.15, 0.2) is 17.8 Å². The SMILES string of the molecule is CCCc1c(Cl)ncnc1N1CCc2sccc2C1C. The third kappa shape index (κ3) is 2.31. The summed E-state index contributed by atoms with van der Waals surface area (Å²) in [6.07, 6.45) is 4.64. The highest BCUT2D eigenvalue weighted by Gasteiger charge is 2.27. The predicted octanol–water partition coefficient (Wildman–Crippen LogP) is 4.27. The van der Waals surface area contributed by atoms with Gasteiger partial charge >= 0.3 is 0 Å². The van der Waals surface area contributed by atoms with Crippen molar-refractivity contribution < 1.29 is 0 Å². The van der Waals surface area contributed by atoms with Crippen molar-refractivity contribution >= 4 is 28.8 Å². The Hall–Kier alpha value is -1.13. The smallest absolute Gasteiger partial charge is 0.137 e. The molecule has 0 radical (unpaired) electrons. The second kappa shape index (κ2) is 5.70. The van der Waals surface area contributed by atoms with Crippen LogP contribution in [-0.4, -0.2) is 16.5 Å². The summed E-state index contributed by atoms with van der Waals surface area (Å²) in [6.45, 7) is 5.40. The molecule has 106 valence electrons. The third-order valence-corrected chi connectivity index (χ3v) is 5.24. The molecule has 1 aliphatic heterocycles. The molecule has 0 aliphatic carbocycles. The quantitative estimate of drug-likeness (QED) is 0.793. The van der Waals surface area contributed by atoms with Crippen molar-refractivity contribution in [2.75, 3.05) is 11.4 Å². The Labute approximate surface area is 128 Å². The van der Waals surface area contributed by atoms with E-state index in [-0.39, 0.29) is 0 Å². The highest BCUT2D eigenvalue weighted by Crippen LogP contribution is 2.37. The lowest BCUT2D eigenvalue weighted by Gasteiger charge is -2.35. The van der Waals surface area contributed by atoms with Crippen LogP contribution in [0.3, 0.4) is 0 Å². The third-order valence-electron chi connectivity index (χ3n) is 3.92. The summed E-state index contributed by atoms with van der Waals surface area (Å²) >= 11 is 8.14. The molecule has 3 nitrogen and oxygen atoms in total. The van der Waals surface area contributed by atoms with E-state index in [1.165, 1.54) is 10.4 Å². The number of nitrogens with zero attached hydrogens (tertiary/aromatic N) is 3. The van der Waals surface area contributed by atoms with Crippen LogP contribution in [0.2, 0.25) is 5.15 Å². The van der Waals surface area contributed by atoms with Crippen molar-refractivity contribution in [1.29, 1.82) is 0 Å². The molecule has 0 saturated heterocycles. The molecule has 1 atom stereocenters. The maximum Gasteiger partial charge on any atom is 0.137 e. The van der Waals surface area contributed by atoms with Gasteiger partial charge in [-0.2, -0.15) is 0 Å². The largest absolute Gasteiger partial charge is 0.349 e. The van der Waals surface area contributed by atoms with Gasteiger partial charge in [0, 0.05) is 17.0 Å². The molecule has 5 heteroatoms.